The van der Waals surface area contributed by atoms with Crippen LogP contribution >= 0.6 is 0 Å². The number of nitrogens with one attached hydrogen (secondary N) is 1. The van der Waals surface area contributed by atoms with Gasteiger partial charge in [0.2, 0.25) is 17.7 Å². The zero-order valence-electron chi connectivity index (χ0n) is 22.9. The number of nitrogens with zero attached hydrogens (tertiary/aromatic N) is 2. The molecule has 12 heteroatoms. The fourth-order valence-electron chi connectivity index (χ4n) is 5.40. The zero-order chi connectivity index (χ0) is 30.7. The minimum Gasteiger partial charge on any atom is -0.352 e. The molecule has 6 nitrogen and oxygen atoms in total. The van der Waals surface area contributed by atoms with Gasteiger partial charge in [-0.05, 0) is 60.6 Å². The number of hydrogen-bond donors (Lipinski definition) is 1. The number of amides is 3. The molecule has 1 saturated heterocycles. The summed E-state index contributed by atoms with van der Waals surface area (Å²) in [6, 6.07) is 10.4. The highest BCUT2D eigenvalue weighted by Crippen LogP contribution is 2.36. The largest absolute Gasteiger partial charge is 0.416 e. The van der Waals surface area contributed by atoms with Gasteiger partial charge in [-0.2, -0.15) is 26.3 Å². The molecular formula is C30H31F6N3O3. The fourth-order valence-corrected chi connectivity index (χ4v) is 5.40. The molecule has 42 heavy (non-hydrogen) atoms. The van der Waals surface area contributed by atoms with Gasteiger partial charge < -0.3 is 15.1 Å². The number of hydrogen-bond acceptors (Lipinski definition) is 3. The number of alkyl halides is 6. The highest BCUT2D eigenvalue weighted by atomic mass is 19.4. The van der Waals surface area contributed by atoms with Crippen molar-refractivity contribution in [2.45, 2.75) is 45.0 Å². The van der Waals surface area contributed by atoms with Gasteiger partial charge in [0, 0.05) is 51.1 Å². The normalized spacial score (nSPS) is 16.9. The van der Waals surface area contributed by atoms with E-state index < -0.39 is 29.4 Å². The lowest BCUT2D eigenvalue weighted by molar-refractivity contribution is -0.143. The first-order valence-corrected chi connectivity index (χ1v) is 13.6. The number of carbonyl (C=O) groups excluding carboxylic acids is 3. The van der Waals surface area contributed by atoms with Crippen molar-refractivity contribution in [1.29, 1.82) is 0 Å². The molecule has 3 amide bonds. The van der Waals surface area contributed by atoms with Crippen molar-refractivity contribution in [3.05, 3.63) is 76.4 Å². The number of halogens is 6. The van der Waals surface area contributed by atoms with E-state index in [1.807, 2.05) is 18.2 Å². The van der Waals surface area contributed by atoms with Crippen molar-refractivity contribution < 1.29 is 40.7 Å². The molecule has 226 valence electrons. The smallest absolute Gasteiger partial charge is 0.352 e. The number of piperidine rings is 1. The summed E-state index contributed by atoms with van der Waals surface area (Å²) in [6.07, 6.45) is -8.81. The van der Waals surface area contributed by atoms with Gasteiger partial charge in [-0.15, -0.1) is 0 Å². The van der Waals surface area contributed by atoms with Gasteiger partial charge in [0.05, 0.1) is 11.1 Å². The SMILES string of the molecule is CC(=O)N1CCC(C(=O)N2CCC(C(=O)NCCc3cc(C(F)(F)F)cc(C(F)(F)F)c3)=C(c3ccccc3)C2)CC1. The molecule has 0 aromatic heterocycles. The van der Waals surface area contributed by atoms with Crippen LogP contribution in [0.5, 0.6) is 0 Å². The van der Waals surface area contributed by atoms with E-state index in [0.717, 1.165) is 5.56 Å². The van der Waals surface area contributed by atoms with E-state index in [1.165, 1.54) is 6.92 Å². The number of benzene rings is 2. The molecule has 0 bridgehead atoms. The summed E-state index contributed by atoms with van der Waals surface area (Å²) in [4.78, 5) is 41.6. The molecule has 2 aromatic carbocycles. The lowest BCUT2D eigenvalue weighted by atomic mass is 9.90. The summed E-state index contributed by atoms with van der Waals surface area (Å²) in [5.41, 5.74) is -1.23. The van der Waals surface area contributed by atoms with Gasteiger partial charge in [-0.25, -0.2) is 0 Å². The predicted molar refractivity (Wildman–Crippen MR) is 143 cm³/mol. The molecule has 0 saturated carbocycles. The van der Waals surface area contributed by atoms with Crippen LogP contribution in [0.1, 0.15) is 48.4 Å². The minimum absolute atomic E-state index is 0.0299. The van der Waals surface area contributed by atoms with Crippen molar-refractivity contribution in [2.75, 3.05) is 32.7 Å². The van der Waals surface area contributed by atoms with Crippen LogP contribution in [-0.4, -0.2) is 60.2 Å². The Labute approximate surface area is 239 Å². The van der Waals surface area contributed by atoms with Crippen LogP contribution in [0.4, 0.5) is 26.3 Å². The second-order valence-corrected chi connectivity index (χ2v) is 10.5. The van der Waals surface area contributed by atoms with Crippen LogP contribution in [0.25, 0.3) is 5.57 Å². The van der Waals surface area contributed by atoms with E-state index in [1.54, 1.807) is 21.9 Å². The van der Waals surface area contributed by atoms with E-state index in [-0.39, 0.29) is 61.8 Å². The second-order valence-electron chi connectivity index (χ2n) is 10.5. The maximum Gasteiger partial charge on any atom is 0.416 e. The maximum atomic E-state index is 13.3. The van der Waals surface area contributed by atoms with Gasteiger partial charge in [-0.1, -0.05) is 30.3 Å². The minimum atomic E-state index is -4.95. The monoisotopic (exact) mass is 595 g/mol. The van der Waals surface area contributed by atoms with Crippen molar-refractivity contribution >= 4 is 23.3 Å². The molecular weight excluding hydrogens is 564 g/mol. The van der Waals surface area contributed by atoms with Crippen LogP contribution in [0.15, 0.2) is 54.1 Å². The van der Waals surface area contributed by atoms with Crippen molar-refractivity contribution in [2.24, 2.45) is 5.92 Å². The topological polar surface area (TPSA) is 69.7 Å². The van der Waals surface area contributed by atoms with Crippen LogP contribution in [0.3, 0.4) is 0 Å². The van der Waals surface area contributed by atoms with Gasteiger partial charge in [0.1, 0.15) is 0 Å². The summed E-state index contributed by atoms with van der Waals surface area (Å²) in [5.74, 6) is -0.797. The van der Waals surface area contributed by atoms with Gasteiger partial charge >= 0.3 is 12.4 Å². The van der Waals surface area contributed by atoms with Crippen LogP contribution < -0.4 is 5.32 Å². The number of carbonyl (C=O) groups is 3. The van der Waals surface area contributed by atoms with E-state index in [4.69, 9.17) is 0 Å². The molecule has 2 aromatic rings. The molecule has 0 atom stereocenters. The van der Waals surface area contributed by atoms with E-state index >= 15 is 0 Å². The first kappa shape index (κ1) is 31.1. The average Bonchev–Trinajstić information content (AvgIpc) is 2.96. The maximum absolute atomic E-state index is 13.3. The summed E-state index contributed by atoms with van der Waals surface area (Å²) in [7, 11) is 0. The second kappa shape index (κ2) is 12.6. The Morgan fingerprint density at radius 1 is 0.857 bits per heavy atom. The summed E-state index contributed by atoms with van der Waals surface area (Å²) in [5, 5.41) is 2.64. The number of rotatable bonds is 6. The van der Waals surface area contributed by atoms with Crippen molar-refractivity contribution in [3.8, 4) is 0 Å². The third kappa shape index (κ3) is 7.51. The van der Waals surface area contributed by atoms with E-state index in [9.17, 15) is 40.7 Å². The highest BCUT2D eigenvalue weighted by molar-refractivity contribution is 6.02. The van der Waals surface area contributed by atoms with Crippen molar-refractivity contribution in [3.63, 3.8) is 0 Å². The van der Waals surface area contributed by atoms with Crippen LogP contribution in [0.2, 0.25) is 0 Å². The highest BCUT2D eigenvalue weighted by Gasteiger charge is 2.37. The predicted octanol–water partition coefficient (Wildman–Crippen LogP) is 5.33. The Morgan fingerprint density at radius 2 is 1.45 bits per heavy atom. The van der Waals surface area contributed by atoms with Crippen molar-refractivity contribution in [1.82, 2.24) is 15.1 Å². The summed E-state index contributed by atoms with van der Waals surface area (Å²) < 4.78 is 79.2. The quantitative estimate of drug-likeness (QED) is 0.460. The van der Waals surface area contributed by atoms with Crippen LogP contribution in [-0.2, 0) is 33.2 Å². The van der Waals surface area contributed by atoms with Gasteiger partial charge in [0.15, 0.2) is 0 Å². The first-order chi connectivity index (χ1) is 19.7. The van der Waals surface area contributed by atoms with Gasteiger partial charge in [-0.3, -0.25) is 14.4 Å². The molecule has 0 radical (unpaired) electrons. The third-order valence-corrected chi connectivity index (χ3v) is 7.69. The Hall–Kier alpha value is -3.83. The lowest BCUT2D eigenvalue weighted by Crippen LogP contribution is -2.46. The molecule has 0 unspecified atom stereocenters. The standard InChI is InChI=1S/C30H31F6N3O3/c1-19(40)38-12-8-22(9-13-38)28(42)39-14-10-25(26(18-39)21-5-3-2-4-6-21)27(41)37-11-7-20-15-23(29(31,32)33)17-24(16-20)30(34,35)36/h2-6,15-17,22H,7-14,18H2,1H3,(H,37,41). The fraction of sp³-hybridized carbons (Fsp3) is 0.433. The Kier molecular flexibility index (Phi) is 9.32. The summed E-state index contributed by atoms with van der Waals surface area (Å²) in [6.45, 7) is 2.79. The van der Waals surface area contributed by atoms with E-state index in [2.05, 4.69) is 5.32 Å². The number of likely N-dealkylation sites (tertiary alicyclic amines) is 1. The Bertz CT molecular complexity index is 1310. The molecule has 2 aliphatic heterocycles. The molecule has 4 rings (SSSR count). The first-order valence-electron chi connectivity index (χ1n) is 13.6. The molecule has 0 spiro atoms. The Balaban J connectivity index is 1.48. The van der Waals surface area contributed by atoms with E-state index in [0.29, 0.717) is 49.2 Å². The van der Waals surface area contributed by atoms with Crippen LogP contribution in [0, 0.1) is 5.92 Å². The Morgan fingerprint density at radius 3 is 2.00 bits per heavy atom. The third-order valence-electron chi connectivity index (χ3n) is 7.69. The molecule has 2 aliphatic rings. The molecule has 1 fully saturated rings. The zero-order valence-corrected chi connectivity index (χ0v) is 22.9. The summed E-state index contributed by atoms with van der Waals surface area (Å²) >= 11 is 0. The molecule has 2 heterocycles. The molecule has 1 N–H and O–H groups in total. The molecule has 0 aliphatic carbocycles. The van der Waals surface area contributed by atoms with Gasteiger partial charge in [0.25, 0.3) is 0 Å². The average molecular weight is 596 g/mol. The lowest BCUT2D eigenvalue weighted by Gasteiger charge is -2.36.